The Morgan fingerprint density at radius 1 is 1.23 bits per heavy atom. The molecule has 1 aliphatic rings. The highest BCUT2D eigenvalue weighted by Crippen LogP contribution is 2.24. The van der Waals surface area contributed by atoms with Gasteiger partial charge in [-0.05, 0) is 46.5 Å². The van der Waals surface area contributed by atoms with Crippen molar-refractivity contribution < 1.29 is 4.79 Å². The van der Waals surface area contributed by atoms with Gasteiger partial charge < -0.3 is 10.6 Å². The number of anilines is 1. The van der Waals surface area contributed by atoms with Gasteiger partial charge in [-0.1, -0.05) is 19.3 Å². The van der Waals surface area contributed by atoms with Crippen LogP contribution in [-0.4, -0.2) is 26.7 Å². The molecule has 0 atom stereocenters. The van der Waals surface area contributed by atoms with E-state index in [1.807, 2.05) is 12.1 Å². The molecule has 0 saturated heterocycles. The van der Waals surface area contributed by atoms with E-state index in [4.69, 9.17) is 0 Å². The lowest BCUT2D eigenvalue weighted by Gasteiger charge is -2.24. The largest absolute Gasteiger partial charge is 0.380 e. The highest BCUT2D eigenvalue weighted by Gasteiger charge is 2.17. The number of nitrogens with one attached hydrogen (secondary N) is 2. The van der Waals surface area contributed by atoms with Crippen molar-refractivity contribution in [3.63, 3.8) is 0 Å². The molecule has 1 amide bonds. The van der Waals surface area contributed by atoms with E-state index < -0.39 is 0 Å². The molecule has 0 spiro atoms. The second kappa shape index (κ2) is 8.93. The molecule has 0 aromatic carbocycles. The van der Waals surface area contributed by atoms with E-state index in [9.17, 15) is 9.59 Å². The molecule has 138 valence electrons. The first-order chi connectivity index (χ1) is 12.6. The average Bonchev–Trinajstić information content (AvgIpc) is 2.68. The third kappa shape index (κ3) is 4.91. The number of carbonyl (C=O) groups is 1. The molecular formula is C18H22BrN5O2. The zero-order valence-corrected chi connectivity index (χ0v) is 16.0. The summed E-state index contributed by atoms with van der Waals surface area (Å²) < 4.78 is 1.58. The van der Waals surface area contributed by atoms with Crippen LogP contribution in [0.15, 0.2) is 40.0 Å². The number of amides is 1. The summed E-state index contributed by atoms with van der Waals surface area (Å²) >= 11 is 3.35. The van der Waals surface area contributed by atoms with E-state index in [1.165, 1.54) is 19.3 Å². The van der Waals surface area contributed by atoms with E-state index in [0.717, 1.165) is 23.1 Å². The van der Waals surface area contributed by atoms with Gasteiger partial charge in [0.05, 0.1) is 11.9 Å². The summed E-state index contributed by atoms with van der Waals surface area (Å²) in [5.41, 5.74) is 1.32. The van der Waals surface area contributed by atoms with Crippen LogP contribution in [0, 0.1) is 0 Å². The maximum Gasteiger partial charge on any atom is 0.283 e. The minimum Gasteiger partial charge on any atom is -0.380 e. The van der Waals surface area contributed by atoms with Crippen molar-refractivity contribution in [3.05, 3.63) is 51.1 Å². The molecule has 0 bridgehead atoms. The predicted molar refractivity (Wildman–Crippen MR) is 103 cm³/mol. The molecule has 0 aliphatic heterocycles. The van der Waals surface area contributed by atoms with Crippen molar-refractivity contribution in [2.24, 2.45) is 0 Å². The van der Waals surface area contributed by atoms with Crippen LogP contribution in [0.2, 0.25) is 0 Å². The summed E-state index contributed by atoms with van der Waals surface area (Å²) in [6.45, 7) is 0.269. The SMILES string of the molecule is O=C(Cn1ncc(NC2CCCCC2)c(Br)c1=O)NCc1ccncc1. The average molecular weight is 420 g/mol. The monoisotopic (exact) mass is 419 g/mol. The number of hydrogen-bond donors (Lipinski definition) is 2. The van der Waals surface area contributed by atoms with Gasteiger partial charge in [0.2, 0.25) is 5.91 Å². The zero-order valence-electron chi connectivity index (χ0n) is 14.4. The van der Waals surface area contributed by atoms with Gasteiger partial charge in [-0.15, -0.1) is 0 Å². The van der Waals surface area contributed by atoms with Crippen molar-refractivity contribution >= 4 is 27.5 Å². The van der Waals surface area contributed by atoms with Gasteiger partial charge in [0.1, 0.15) is 11.0 Å². The third-order valence-corrected chi connectivity index (χ3v) is 5.25. The Bertz CT molecular complexity index is 803. The highest BCUT2D eigenvalue weighted by atomic mass is 79.9. The molecule has 0 radical (unpaired) electrons. The van der Waals surface area contributed by atoms with Crippen molar-refractivity contribution in [2.45, 2.75) is 51.2 Å². The first kappa shape index (κ1) is 18.6. The minimum absolute atomic E-state index is 0.119. The van der Waals surface area contributed by atoms with E-state index in [1.54, 1.807) is 18.6 Å². The molecule has 2 heterocycles. The van der Waals surface area contributed by atoms with Gasteiger partial charge in [-0.2, -0.15) is 5.10 Å². The van der Waals surface area contributed by atoms with E-state index >= 15 is 0 Å². The van der Waals surface area contributed by atoms with Crippen LogP contribution in [-0.2, 0) is 17.9 Å². The molecule has 2 aromatic heterocycles. The van der Waals surface area contributed by atoms with Crippen LogP contribution in [0.25, 0.3) is 0 Å². The van der Waals surface area contributed by atoms with Gasteiger partial charge >= 0.3 is 0 Å². The van der Waals surface area contributed by atoms with Crippen molar-refractivity contribution in [1.29, 1.82) is 0 Å². The van der Waals surface area contributed by atoms with Crippen molar-refractivity contribution in [3.8, 4) is 0 Å². The molecule has 7 nitrogen and oxygen atoms in total. The normalized spacial score (nSPS) is 14.8. The summed E-state index contributed by atoms with van der Waals surface area (Å²) in [4.78, 5) is 28.5. The Kier molecular flexibility index (Phi) is 6.38. The lowest BCUT2D eigenvalue weighted by Crippen LogP contribution is -2.34. The summed E-state index contributed by atoms with van der Waals surface area (Å²) in [7, 11) is 0. The molecule has 8 heteroatoms. The fourth-order valence-corrected chi connectivity index (χ4v) is 3.46. The quantitative estimate of drug-likeness (QED) is 0.750. The first-order valence-corrected chi connectivity index (χ1v) is 9.60. The first-order valence-electron chi connectivity index (χ1n) is 8.81. The fourth-order valence-electron chi connectivity index (χ4n) is 3.04. The predicted octanol–water partition coefficient (Wildman–Crippen LogP) is 2.46. The lowest BCUT2D eigenvalue weighted by molar-refractivity contribution is -0.122. The fraction of sp³-hybridized carbons (Fsp3) is 0.444. The van der Waals surface area contributed by atoms with Crippen LogP contribution >= 0.6 is 15.9 Å². The standard InChI is InChI=1S/C18H22BrN5O2/c19-17-15(23-14-4-2-1-3-5-14)11-22-24(18(17)26)12-16(25)21-10-13-6-8-20-9-7-13/h6-9,11,14,23H,1-5,10,12H2,(H,21,25). The molecular weight excluding hydrogens is 398 g/mol. The maximum atomic E-state index is 12.5. The Morgan fingerprint density at radius 3 is 2.69 bits per heavy atom. The Balaban J connectivity index is 1.60. The summed E-state index contributed by atoms with van der Waals surface area (Å²) in [6.07, 6.45) is 10.8. The number of carbonyl (C=O) groups excluding carboxylic acids is 1. The Morgan fingerprint density at radius 2 is 1.96 bits per heavy atom. The summed E-state index contributed by atoms with van der Waals surface area (Å²) in [5.74, 6) is -0.267. The lowest BCUT2D eigenvalue weighted by atomic mass is 9.95. The molecule has 26 heavy (non-hydrogen) atoms. The summed E-state index contributed by atoms with van der Waals surface area (Å²) in [6, 6.07) is 4.03. The van der Waals surface area contributed by atoms with Crippen LogP contribution in [0.4, 0.5) is 5.69 Å². The van der Waals surface area contributed by atoms with Crippen molar-refractivity contribution in [1.82, 2.24) is 20.1 Å². The smallest absolute Gasteiger partial charge is 0.283 e. The summed E-state index contributed by atoms with van der Waals surface area (Å²) in [5, 5.41) is 10.3. The molecule has 1 saturated carbocycles. The Labute approximate surface area is 160 Å². The second-order valence-corrected chi connectivity index (χ2v) is 7.24. The molecule has 2 aromatic rings. The van der Waals surface area contributed by atoms with Crippen LogP contribution in [0.1, 0.15) is 37.7 Å². The van der Waals surface area contributed by atoms with Crippen LogP contribution in [0.3, 0.4) is 0 Å². The van der Waals surface area contributed by atoms with E-state index in [2.05, 4.69) is 36.6 Å². The van der Waals surface area contributed by atoms with Gasteiger partial charge in [-0.25, -0.2) is 4.68 Å². The maximum absolute atomic E-state index is 12.5. The molecule has 2 N–H and O–H groups in total. The topological polar surface area (TPSA) is 88.9 Å². The van der Waals surface area contributed by atoms with Crippen LogP contribution < -0.4 is 16.2 Å². The van der Waals surface area contributed by atoms with E-state index in [0.29, 0.717) is 22.7 Å². The molecule has 3 rings (SSSR count). The van der Waals surface area contributed by atoms with Gasteiger partial charge in [0.15, 0.2) is 0 Å². The van der Waals surface area contributed by atoms with Crippen LogP contribution in [0.5, 0.6) is 0 Å². The number of hydrogen-bond acceptors (Lipinski definition) is 5. The van der Waals surface area contributed by atoms with Gasteiger partial charge in [0.25, 0.3) is 5.56 Å². The number of aromatic nitrogens is 3. The Hall–Kier alpha value is -2.22. The zero-order chi connectivity index (χ0) is 18.4. The molecule has 0 unspecified atom stereocenters. The van der Waals surface area contributed by atoms with E-state index in [-0.39, 0.29) is 18.0 Å². The minimum atomic E-state index is -0.315. The molecule has 1 aliphatic carbocycles. The van der Waals surface area contributed by atoms with Crippen molar-refractivity contribution in [2.75, 3.05) is 5.32 Å². The molecule has 1 fully saturated rings. The van der Waals surface area contributed by atoms with Gasteiger partial charge in [0, 0.05) is 25.0 Å². The number of halogens is 1. The number of pyridine rings is 1. The van der Waals surface area contributed by atoms with Gasteiger partial charge in [-0.3, -0.25) is 14.6 Å². The number of nitrogens with zero attached hydrogens (tertiary/aromatic N) is 3. The third-order valence-electron chi connectivity index (χ3n) is 4.48. The second-order valence-electron chi connectivity index (χ2n) is 6.45. The number of rotatable bonds is 6. The highest BCUT2D eigenvalue weighted by molar-refractivity contribution is 9.10.